The summed E-state index contributed by atoms with van der Waals surface area (Å²) in [6.07, 6.45) is 2.22. The van der Waals surface area contributed by atoms with Gasteiger partial charge in [0.15, 0.2) is 6.10 Å². The number of epoxide rings is 1. The molecule has 0 amide bonds. The number of aliphatic hydroxyl groups excluding tert-OH is 1. The molecule has 1 aromatic rings. The van der Waals surface area contributed by atoms with Crippen molar-refractivity contribution in [3.63, 3.8) is 0 Å². The summed E-state index contributed by atoms with van der Waals surface area (Å²) in [5.74, 6) is -0.960. The summed E-state index contributed by atoms with van der Waals surface area (Å²) in [5, 5.41) is 9.06. The van der Waals surface area contributed by atoms with Crippen molar-refractivity contribution in [2.45, 2.75) is 38.6 Å². The number of hydrogen-bond donors (Lipinski definition) is 2. The summed E-state index contributed by atoms with van der Waals surface area (Å²) in [5.41, 5.74) is -0.740. The van der Waals surface area contributed by atoms with Crippen molar-refractivity contribution in [1.29, 1.82) is 0 Å². The Bertz CT molecular complexity index is 549. The SMILES string of the molecule is CCC[C@@]1(On2cc(C)c(=O)[nH]c2=O)O[C@H]1CO. The molecule has 2 heterocycles. The van der Waals surface area contributed by atoms with Gasteiger partial charge in [0.25, 0.3) is 11.3 Å². The fraction of sp³-hybridized carbons (Fsp3) is 0.636. The van der Waals surface area contributed by atoms with Crippen molar-refractivity contribution in [2.24, 2.45) is 0 Å². The standard InChI is InChI=1S/C11H16N2O5/c1-3-4-11(8(6-14)17-11)18-13-5-7(2)9(15)12-10(13)16/h5,8,14H,3-4,6H2,1-2H3,(H,12,15,16)/t8-,11-/m0/s1. The molecule has 0 bridgehead atoms. The molecule has 100 valence electrons. The van der Waals surface area contributed by atoms with Crippen LogP contribution < -0.4 is 16.1 Å². The van der Waals surface area contributed by atoms with Gasteiger partial charge in [-0.1, -0.05) is 6.92 Å². The molecule has 0 aliphatic carbocycles. The zero-order valence-corrected chi connectivity index (χ0v) is 10.3. The molecule has 18 heavy (non-hydrogen) atoms. The van der Waals surface area contributed by atoms with Crippen LogP contribution in [0.1, 0.15) is 25.3 Å². The van der Waals surface area contributed by atoms with Crippen LogP contribution in [0.25, 0.3) is 0 Å². The zero-order valence-electron chi connectivity index (χ0n) is 10.3. The lowest BCUT2D eigenvalue weighted by Gasteiger charge is -2.15. The molecule has 0 spiro atoms. The molecule has 2 atom stereocenters. The smallest absolute Gasteiger partial charge is 0.361 e. The average molecular weight is 256 g/mol. The topological polar surface area (TPSA) is 96.9 Å². The maximum absolute atomic E-state index is 11.6. The molecule has 1 aromatic heterocycles. The number of rotatable bonds is 5. The first-order valence-corrected chi connectivity index (χ1v) is 5.83. The van der Waals surface area contributed by atoms with Crippen molar-refractivity contribution >= 4 is 0 Å². The maximum Gasteiger partial charge on any atom is 0.361 e. The van der Waals surface area contributed by atoms with Gasteiger partial charge in [0.2, 0.25) is 0 Å². The summed E-state index contributed by atoms with van der Waals surface area (Å²) >= 11 is 0. The summed E-state index contributed by atoms with van der Waals surface area (Å²) in [6, 6.07) is 0. The molecule has 1 aliphatic heterocycles. The van der Waals surface area contributed by atoms with Crippen LogP contribution in [0, 0.1) is 6.92 Å². The third-order valence-corrected chi connectivity index (χ3v) is 2.88. The van der Waals surface area contributed by atoms with E-state index in [4.69, 9.17) is 14.7 Å². The number of hydrogen-bond acceptors (Lipinski definition) is 5. The predicted molar refractivity (Wildman–Crippen MR) is 62.2 cm³/mol. The van der Waals surface area contributed by atoms with Crippen LogP contribution >= 0.6 is 0 Å². The van der Waals surface area contributed by atoms with Gasteiger partial charge < -0.3 is 14.7 Å². The quantitative estimate of drug-likeness (QED) is 0.670. The van der Waals surface area contributed by atoms with Crippen molar-refractivity contribution in [1.82, 2.24) is 9.71 Å². The lowest BCUT2D eigenvalue weighted by molar-refractivity contribution is -0.0641. The van der Waals surface area contributed by atoms with Crippen LogP contribution in [0.4, 0.5) is 0 Å². The van der Waals surface area contributed by atoms with E-state index >= 15 is 0 Å². The number of nitrogens with one attached hydrogen (secondary N) is 1. The molecule has 7 heteroatoms. The minimum absolute atomic E-state index is 0.170. The highest BCUT2D eigenvalue weighted by atomic mass is 16.9. The second kappa shape index (κ2) is 4.58. The summed E-state index contributed by atoms with van der Waals surface area (Å²) in [4.78, 5) is 30.4. The summed E-state index contributed by atoms with van der Waals surface area (Å²) < 4.78 is 6.25. The monoisotopic (exact) mass is 256 g/mol. The van der Waals surface area contributed by atoms with E-state index in [0.29, 0.717) is 12.0 Å². The van der Waals surface area contributed by atoms with Gasteiger partial charge in [-0.05, 0) is 13.3 Å². The fourth-order valence-corrected chi connectivity index (χ4v) is 1.86. The highest BCUT2D eigenvalue weighted by molar-refractivity contribution is 5.01. The first-order chi connectivity index (χ1) is 8.52. The van der Waals surface area contributed by atoms with Crippen LogP contribution in [0.15, 0.2) is 15.8 Å². The van der Waals surface area contributed by atoms with Gasteiger partial charge in [-0.25, -0.2) is 4.79 Å². The molecule has 7 nitrogen and oxygen atoms in total. The van der Waals surface area contributed by atoms with E-state index in [-0.39, 0.29) is 6.61 Å². The van der Waals surface area contributed by atoms with Gasteiger partial charge in [0.1, 0.15) is 0 Å². The van der Waals surface area contributed by atoms with Crippen LogP contribution in [0.3, 0.4) is 0 Å². The Labute approximate surface area is 103 Å². The molecule has 1 fully saturated rings. The van der Waals surface area contributed by atoms with Gasteiger partial charge in [-0.3, -0.25) is 9.78 Å². The molecule has 1 saturated heterocycles. The van der Waals surface area contributed by atoms with Crippen molar-refractivity contribution < 1.29 is 14.7 Å². The molecule has 0 aromatic carbocycles. The summed E-state index contributed by atoms with van der Waals surface area (Å²) in [7, 11) is 0. The number of H-pyrrole nitrogens is 1. The normalized spacial score (nSPS) is 26.1. The van der Waals surface area contributed by atoms with Crippen LogP contribution in [0.5, 0.6) is 0 Å². The van der Waals surface area contributed by atoms with Gasteiger partial charge in [0, 0.05) is 12.0 Å². The van der Waals surface area contributed by atoms with Crippen LogP contribution in [-0.2, 0) is 4.74 Å². The van der Waals surface area contributed by atoms with E-state index in [1.54, 1.807) is 6.92 Å². The lowest BCUT2D eigenvalue weighted by Crippen LogP contribution is -2.41. The third kappa shape index (κ3) is 2.19. The minimum Gasteiger partial charge on any atom is -0.393 e. The van der Waals surface area contributed by atoms with E-state index in [1.807, 2.05) is 6.92 Å². The van der Waals surface area contributed by atoms with Crippen molar-refractivity contribution in [3.8, 4) is 0 Å². The molecular formula is C11H16N2O5. The van der Waals surface area contributed by atoms with Crippen molar-refractivity contribution in [2.75, 3.05) is 6.61 Å². The molecule has 1 aliphatic rings. The van der Waals surface area contributed by atoms with E-state index < -0.39 is 23.1 Å². The lowest BCUT2D eigenvalue weighted by atomic mass is 10.1. The average Bonchev–Trinajstić information content (AvgIpc) is 3.00. The van der Waals surface area contributed by atoms with Gasteiger partial charge in [0.05, 0.1) is 12.8 Å². The molecule has 0 unspecified atom stereocenters. The number of aliphatic hydroxyl groups is 1. The fourth-order valence-electron chi connectivity index (χ4n) is 1.86. The second-order valence-electron chi connectivity index (χ2n) is 4.34. The highest BCUT2D eigenvalue weighted by Gasteiger charge is 2.59. The van der Waals surface area contributed by atoms with Crippen LogP contribution in [-0.4, -0.2) is 33.3 Å². The number of aryl methyl sites for hydroxylation is 1. The Morgan fingerprint density at radius 3 is 2.89 bits per heavy atom. The third-order valence-electron chi connectivity index (χ3n) is 2.88. The number of aromatic amines is 1. The first-order valence-electron chi connectivity index (χ1n) is 5.83. The maximum atomic E-state index is 11.6. The van der Waals surface area contributed by atoms with E-state index in [1.165, 1.54) is 6.20 Å². The predicted octanol–water partition coefficient (Wildman–Crippen LogP) is -0.839. The molecular weight excluding hydrogens is 240 g/mol. The zero-order chi connectivity index (χ0) is 13.3. The molecule has 0 saturated carbocycles. The Balaban J connectivity index is 2.26. The first kappa shape index (κ1) is 12.8. The Hall–Kier alpha value is -1.60. The number of nitrogens with zero attached hydrogens (tertiary/aromatic N) is 1. The molecule has 2 rings (SSSR count). The Morgan fingerprint density at radius 2 is 2.33 bits per heavy atom. The van der Waals surface area contributed by atoms with Gasteiger partial charge in [-0.15, -0.1) is 4.73 Å². The largest absolute Gasteiger partial charge is 0.393 e. The van der Waals surface area contributed by atoms with Crippen molar-refractivity contribution in [3.05, 3.63) is 32.6 Å². The van der Waals surface area contributed by atoms with E-state index in [0.717, 1.165) is 11.2 Å². The van der Waals surface area contributed by atoms with E-state index in [2.05, 4.69) is 4.98 Å². The van der Waals surface area contributed by atoms with Crippen LogP contribution in [0.2, 0.25) is 0 Å². The minimum atomic E-state index is -0.960. The number of aromatic nitrogens is 2. The van der Waals surface area contributed by atoms with Gasteiger partial charge in [-0.2, -0.15) is 0 Å². The Kier molecular flexibility index (Phi) is 3.27. The summed E-state index contributed by atoms with van der Waals surface area (Å²) in [6.45, 7) is 3.35. The van der Waals surface area contributed by atoms with E-state index in [9.17, 15) is 9.59 Å². The molecule has 0 radical (unpaired) electrons. The molecule has 2 N–H and O–H groups in total. The number of ether oxygens (including phenoxy) is 1. The van der Waals surface area contributed by atoms with Gasteiger partial charge >= 0.3 is 5.69 Å². The second-order valence-corrected chi connectivity index (χ2v) is 4.34. The Morgan fingerprint density at radius 1 is 1.61 bits per heavy atom. The highest BCUT2D eigenvalue weighted by Crippen LogP contribution is 2.39.